The second-order valence-electron chi connectivity index (χ2n) is 4.74. The second kappa shape index (κ2) is 6.97. The van der Waals surface area contributed by atoms with Gasteiger partial charge in [0.2, 0.25) is 5.91 Å². The van der Waals surface area contributed by atoms with Gasteiger partial charge in [-0.25, -0.2) is 0 Å². The molecule has 0 unspecified atom stereocenters. The molecule has 0 saturated heterocycles. The molecule has 0 fully saturated rings. The van der Waals surface area contributed by atoms with E-state index in [1.165, 1.54) is 11.8 Å². The summed E-state index contributed by atoms with van der Waals surface area (Å²) in [7, 11) is 0. The number of para-hydroxylation sites is 1. The Bertz CT molecular complexity index is 835. The summed E-state index contributed by atoms with van der Waals surface area (Å²) in [6.45, 7) is 0. The van der Waals surface area contributed by atoms with Crippen LogP contribution in [0.4, 0.5) is 0 Å². The van der Waals surface area contributed by atoms with Gasteiger partial charge in [0.15, 0.2) is 11.0 Å². The third-order valence-electron chi connectivity index (χ3n) is 3.07. The highest BCUT2D eigenvalue weighted by Crippen LogP contribution is 2.29. The number of hydrogen-bond acceptors (Lipinski definition) is 4. The summed E-state index contributed by atoms with van der Waals surface area (Å²) in [4.78, 5) is 11.1. The van der Waals surface area contributed by atoms with Crippen molar-refractivity contribution in [1.82, 2.24) is 14.8 Å². The van der Waals surface area contributed by atoms with Gasteiger partial charge in [-0.15, -0.1) is 10.2 Å². The largest absolute Gasteiger partial charge is 0.369 e. The van der Waals surface area contributed by atoms with E-state index in [4.69, 9.17) is 5.73 Å². The summed E-state index contributed by atoms with van der Waals surface area (Å²) in [5, 5.41) is 9.15. The molecule has 3 rings (SSSR count). The molecule has 0 saturated carbocycles. The molecule has 116 valence electrons. The van der Waals surface area contributed by atoms with Crippen molar-refractivity contribution in [2.24, 2.45) is 5.73 Å². The van der Waals surface area contributed by atoms with Crippen molar-refractivity contribution < 1.29 is 4.79 Å². The summed E-state index contributed by atoms with van der Waals surface area (Å²) in [5.74, 6) is 0.481. The van der Waals surface area contributed by atoms with E-state index in [1.54, 1.807) is 0 Å². The monoisotopic (exact) mass is 388 g/mol. The Morgan fingerprint density at radius 1 is 1.13 bits per heavy atom. The molecule has 2 aromatic carbocycles. The molecule has 0 aliphatic heterocycles. The molecular weight excluding hydrogens is 376 g/mol. The average Bonchev–Trinajstić information content (AvgIpc) is 2.97. The molecule has 7 heteroatoms. The Balaban J connectivity index is 2.11. The highest BCUT2D eigenvalue weighted by atomic mass is 79.9. The van der Waals surface area contributed by atoms with Crippen LogP contribution in [0.5, 0.6) is 0 Å². The lowest BCUT2D eigenvalue weighted by Crippen LogP contribution is -2.13. The molecule has 5 nitrogen and oxygen atoms in total. The third kappa shape index (κ3) is 3.62. The Morgan fingerprint density at radius 2 is 1.91 bits per heavy atom. The normalized spacial score (nSPS) is 10.7. The Hall–Kier alpha value is -2.12. The van der Waals surface area contributed by atoms with Crippen LogP contribution in [-0.4, -0.2) is 26.4 Å². The molecule has 1 aromatic heterocycles. The first-order valence-corrected chi connectivity index (χ1v) is 8.61. The minimum absolute atomic E-state index is 0.156. The zero-order valence-corrected chi connectivity index (χ0v) is 14.4. The van der Waals surface area contributed by atoms with Gasteiger partial charge in [-0.1, -0.05) is 58.0 Å². The average molecular weight is 389 g/mol. The van der Waals surface area contributed by atoms with E-state index in [2.05, 4.69) is 26.1 Å². The molecule has 0 aliphatic carbocycles. The number of nitrogens with two attached hydrogens (primary N) is 1. The van der Waals surface area contributed by atoms with Crippen LogP contribution in [0, 0.1) is 0 Å². The molecule has 1 heterocycles. The lowest BCUT2D eigenvalue weighted by molar-refractivity contribution is -0.115. The smallest absolute Gasteiger partial charge is 0.227 e. The second-order valence-corrected chi connectivity index (χ2v) is 6.60. The fourth-order valence-electron chi connectivity index (χ4n) is 2.12. The standard InChI is InChI=1S/C16H13BrN4OS/c17-12-6-4-5-11(9-12)15-19-20-16(23-10-14(18)22)21(15)13-7-2-1-3-8-13/h1-9H,10H2,(H2,18,22). The number of primary amides is 1. The van der Waals surface area contributed by atoms with Gasteiger partial charge in [0, 0.05) is 15.7 Å². The van der Waals surface area contributed by atoms with Crippen molar-refractivity contribution in [2.75, 3.05) is 5.75 Å². The van der Waals surface area contributed by atoms with Gasteiger partial charge in [0.1, 0.15) is 0 Å². The maximum Gasteiger partial charge on any atom is 0.227 e. The SMILES string of the molecule is NC(=O)CSc1nnc(-c2cccc(Br)c2)n1-c1ccccc1. The Kier molecular flexibility index (Phi) is 4.78. The first-order valence-electron chi connectivity index (χ1n) is 6.83. The van der Waals surface area contributed by atoms with E-state index >= 15 is 0 Å². The molecule has 0 spiro atoms. The predicted octanol–water partition coefficient (Wildman–Crippen LogP) is 3.27. The van der Waals surface area contributed by atoms with Gasteiger partial charge >= 0.3 is 0 Å². The Morgan fingerprint density at radius 3 is 2.61 bits per heavy atom. The minimum Gasteiger partial charge on any atom is -0.369 e. The van der Waals surface area contributed by atoms with Gasteiger partial charge in [0.05, 0.1) is 5.75 Å². The van der Waals surface area contributed by atoms with E-state index in [9.17, 15) is 4.79 Å². The van der Waals surface area contributed by atoms with Crippen LogP contribution < -0.4 is 5.73 Å². The molecule has 23 heavy (non-hydrogen) atoms. The van der Waals surface area contributed by atoms with E-state index in [1.807, 2.05) is 59.2 Å². The maximum atomic E-state index is 11.1. The van der Waals surface area contributed by atoms with Crippen LogP contribution in [0.25, 0.3) is 17.1 Å². The minimum atomic E-state index is -0.387. The quantitative estimate of drug-likeness (QED) is 0.680. The lowest BCUT2D eigenvalue weighted by Gasteiger charge is -2.10. The third-order valence-corrected chi connectivity index (χ3v) is 4.52. The highest BCUT2D eigenvalue weighted by Gasteiger charge is 2.16. The van der Waals surface area contributed by atoms with Crippen LogP contribution in [0.2, 0.25) is 0 Å². The van der Waals surface area contributed by atoms with Gasteiger partial charge < -0.3 is 5.73 Å². The lowest BCUT2D eigenvalue weighted by atomic mass is 10.2. The summed E-state index contributed by atoms with van der Waals surface area (Å²) in [5.41, 5.74) is 7.11. The molecule has 0 bridgehead atoms. The molecule has 0 aliphatic rings. The van der Waals surface area contributed by atoms with Crippen LogP contribution in [0.3, 0.4) is 0 Å². The van der Waals surface area contributed by atoms with Crippen LogP contribution >= 0.6 is 27.7 Å². The summed E-state index contributed by atoms with van der Waals surface area (Å²) < 4.78 is 2.89. The molecular formula is C16H13BrN4OS. The zero-order valence-electron chi connectivity index (χ0n) is 12.0. The number of thioether (sulfide) groups is 1. The van der Waals surface area contributed by atoms with Crippen molar-refractivity contribution in [1.29, 1.82) is 0 Å². The van der Waals surface area contributed by atoms with E-state index in [-0.39, 0.29) is 11.7 Å². The van der Waals surface area contributed by atoms with E-state index < -0.39 is 0 Å². The number of amides is 1. The number of carbonyl (C=O) groups is 1. The van der Waals surface area contributed by atoms with Crippen molar-refractivity contribution in [3.8, 4) is 17.1 Å². The van der Waals surface area contributed by atoms with Gasteiger partial charge in [-0.05, 0) is 24.3 Å². The van der Waals surface area contributed by atoms with Crippen molar-refractivity contribution in [2.45, 2.75) is 5.16 Å². The maximum absolute atomic E-state index is 11.1. The summed E-state index contributed by atoms with van der Waals surface area (Å²) >= 11 is 4.75. The fraction of sp³-hybridized carbons (Fsp3) is 0.0625. The highest BCUT2D eigenvalue weighted by molar-refractivity contribution is 9.10. The number of carbonyl (C=O) groups excluding carboxylic acids is 1. The van der Waals surface area contributed by atoms with Crippen LogP contribution in [-0.2, 0) is 4.79 Å². The first-order chi connectivity index (χ1) is 11.1. The van der Waals surface area contributed by atoms with Crippen molar-refractivity contribution >= 4 is 33.6 Å². The number of nitrogens with zero attached hydrogens (tertiary/aromatic N) is 3. The number of aromatic nitrogens is 3. The van der Waals surface area contributed by atoms with Crippen LogP contribution in [0.1, 0.15) is 0 Å². The zero-order chi connectivity index (χ0) is 16.2. The van der Waals surface area contributed by atoms with Crippen molar-refractivity contribution in [3.63, 3.8) is 0 Å². The molecule has 1 amide bonds. The summed E-state index contributed by atoms with van der Waals surface area (Å²) in [6.07, 6.45) is 0. The fourth-order valence-corrected chi connectivity index (χ4v) is 3.21. The first kappa shape index (κ1) is 15.8. The number of halogens is 1. The van der Waals surface area contributed by atoms with Gasteiger partial charge in [0.25, 0.3) is 0 Å². The topological polar surface area (TPSA) is 73.8 Å². The number of hydrogen-bond donors (Lipinski definition) is 1. The predicted molar refractivity (Wildman–Crippen MR) is 94.4 cm³/mol. The molecule has 2 N–H and O–H groups in total. The van der Waals surface area contributed by atoms with Gasteiger partial charge in [-0.3, -0.25) is 9.36 Å². The van der Waals surface area contributed by atoms with Gasteiger partial charge in [-0.2, -0.15) is 0 Å². The molecule has 0 atom stereocenters. The molecule has 3 aromatic rings. The van der Waals surface area contributed by atoms with Crippen LogP contribution in [0.15, 0.2) is 64.2 Å². The number of benzene rings is 2. The molecule has 0 radical (unpaired) electrons. The summed E-state index contributed by atoms with van der Waals surface area (Å²) in [6, 6.07) is 17.6. The van der Waals surface area contributed by atoms with E-state index in [0.717, 1.165) is 15.7 Å². The number of rotatable bonds is 5. The van der Waals surface area contributed by atoms with Crippen molar-refractivity contribution in [3.05, 3.63) is 59.1 Å². The van der Waals surface area contributed by atoms with E-state index in [0.29, 0.717) is 11.0 Å². The Labute approximate surface area is 146 Å².